The third-order valence-corrected chi connectivity index (χ3v) is 5.84. The van der Waals surface area contributed by atoms with Gasteiger partial charge in [0, 0.05) is 29.7 Å². The van der Waals surface area contributed by atoms with Gasteiger partial charge in [-0.05, 0) is 51.2 Å². The van der Waals surface area contributed by atoms with E-state index in [1.165, 1.54) is 4.90 Å². The Morgan fingerprint density at radius 2 is 1.76 bits per heavy atom. The summed E-state index contributed by atoms with van der Waals surface area (Å²) in [6.45, 7) is 1.45. The number of halogens is 1. The van der Waals surface area contributed by atoms with Crippen molar-refractivity contribution in [2.45, 2.75) is 25.7 Å². The maximum Gasteiger partial charge on any atom is 0.248 e. The number of rotatable bonds is 7. The average molecular weight is 421 g/mol. The summed E-state index contributed by atoms with van der Waals surface area (Å²) in [5.41, 5.74) is 0.709. The number of likely N-dealkylation sites (N-methyl/N-ethyl adjacent to an activating group) is 1. The highest BCUT2D eigenvalue weighted by atomic mass is 35.5. The van der Waals surface area contributed by atoms with E-state index in [4.69, 9.17) is 11.6 Å². The number of hydrogen-bond donors (Lipinski definition) is 0. The van der Waals surface area contributed by atoms with E-state index in [0.29, 0.717) is 23.8 Å². The van der Waals surface area contributed by atoms with E-state index in [0.717, 1.165) is 25.7 Å². The Bertz CT molecular complexity index is 747. The van der Waals surface area contributed by atoms with Crippen molar-refractivity contribution in [2.75, 3.05) is 51.8 Å². The van der Waals surface area contributed by atoms with E-state index < -0.39 is 0 Å². The van der Waals surface area contributed by atoms with Gasteiger partial charge in [-0.2, -0.15) is 0 Å². The van der Waals surface area contributed by atoms with Gasteiger partial charge >= 0.3 is 0 Å². The Kier molecular flexibility index (Phi) is 7.14. The van der Waals surface area contributed by atoms with E-state index in [1.807, 2.05) is 19.0 Å². The molecule has 1 aliphatic heterocycles. The zero-order valence-corrected chi connectivity index (χ0v) is 17.9. The molecule has 0 N–H and O–H groups in total. The summed E-state index contributed by atoms with van der Waals surface area (Å²) in [6, 6.07) is 6.97. The van der Waals surface area contributed by atoms with Crippen LogP contribution in [0, 0.1) is 5.92 Å². The molecule has 0 unspecified atom stereocenters. The first-order valence-corrected chi connectivity index (χ1v) is 10.5. The van der Waals surface area contributed by atoms with Crippen LogP contribution in [0.15, 0.2) is 24.3 Å². The first-order chi connectivity index (χ1) is 13.8. The third-order valence-electron chi connectivity index (χ3n) is 5.59. The molecule has 3 rings (SSSR count). The van der Waals surface area contributed by atoms with Crippen molar-refractivity contribution < 1.29 is 14.4 Å². The van der Waals surface area contributed by atoms with Gasteiger partial charge in [0.1, 0.15) is 13.2 Å². The molecule has 2 aliphatic rings. The molecule has 8 heteroatoms. The summed E-state index contributed by atoms with van der Waals surface area (Å²) in [4.78, 5) is 45.0. The van der Waals surface area contributed by atoms with E-state index in [9.17, 15) is 14.4 Å². The molecular weight excluding hydrogens is 392 g/mol. The minimum Gasteiger partial charge on any atom is -0.332 e. The molecule has 0 spiro atoms. The van der Waals surface area contributed by atoms with Crippen LogP contribution >= 0.6 is 11.6 Å². The van der Waals surface area contributed by atoms with Crippen molar-refractivity contribution >= 4 is 35.0 Å². The summed E-state index contributed by atoms with van der Waals surface area (Å²) in [5, 5.41) is 0.593. The summed E-state index contributed by atoms with van der Waals surface area (Å²) < 4.78 is 0. The predicted octanol–water partition coefficient (Wildman–Crippen LogP) is 2.05. The molecule has 29 heavy (non-hydrogen) atoms. The Hall–Kier alpha value is -2.12. The largest absolute Gasteiger partial charge is 0.332 e. The number of carbonyl (C=O) groups excluding carboxylic acids is 3. The second-order valence-electron chi connectivity index (χ2n) is 8.08. The quantitative estimate of drug-likeness (QED) is 0.677. The molecule has 0 radical (unpaired) electrons. The first-order valence-electron chi connectivity index (χ1n) is 10.1. The fraction of sp³-hybridized carbons (Fsp3) is 0.571. The lowest BCUT2D eigenvalue weighted by Crippen LogP contribution is -2.46. The summed E-state index contributed by atoms with van der Waals surface area (Å²) >= 11 is 5.92. The molecule has 1 aromatic carbocycles. The fourth-order valence-corrected chi connectivity index (χ4v) is 3.97. The van der Waals surface area contributed by atoms with Crippen LogP contribution in [0.5, 0.6) is 0 Å². The molecule has 1 aliphatic carbocycles. The van der Waals surface area contributed by atoms with Gasteiger partial charge in [-0.1, -0.05) is 24.4 Å². The van der Waals surface area contributed by atoms with Crippen LogP contribution in [0.4, 0.5) is 5.69 Å². The number of amides is 3. The van der Waals surface area contributed by atoms with Gasteiger partial charge in [0.2, 0.25) is 17.7 Å². The average Bonchev–Trinajstić information content (AvgIpc) is 3.35. The lowest BCUT2D eigenvalue weighted by Gasteiger charge is -2.28. The maximum absolute atomic E-state index is 12.9. The molecule has 0 bridgehead atoms. The molecule has 2 fully saturated rings. The summed E-state index contributed by atoms with van der Waals surface area (Å²) in [5.74, 6) is -0.240. The van der Waals surface area contributed by atoms with Crippen molar-refractivity contribution in [1.82, 2.24) is 14.7 Å². The Labute approximate surface area is 177 Å². The van der Waals surface area contributed by atoms with Crippen molar-refractivity contribution in [3.05, 3.63) is 29.3 Å². The Balaban J connectivity index is 1.64. The zero-order valence-electron chi connectivity index (χ0n) is 17.1. The van der Waals surface area contributed by atoms with Crippen LogP contribution < -0.4 is 4.90 Å². The van der Waals surface area contributed by atoms with Gasteiger partial charge in [0.15, 0.2) is 0 Å². The molecule has 158 valence electrons. The van der Waals surface area contributed by atoms with Gasteiger partial charge in [-0.15, -0.1) is 0 Å². The van der Waals surface area contributed by atoms with Crippen LogP contribution in [0.1, 0.15) is 25.7 Å². The van der Waals surface area contributed by atoms with Crippen LogP contribution in [-0.4, -0.2) is 79.4 Å². The van der Waals surface area contributed by atoms with Crippen LogP contribution in [0.25, 0.3) is 0 Å². The second-order valence-corrected chi connectivity index (χ2v) is 8.51. The van der Waals surface area contributed by atoms with Crippen LogP contribution in [0.2, 0.25) is 5.02 Å². The summed E-state index contributed by atoms with van der Waals surface area (Å²) in [7, 11) is 3.90. The predicted molar refractivity (Wildman–Crippen MR) is 113 cm³/mol. The lowest BCUT2D eigenvalue weighted by atomic mass is 10.1. The normalized spacial score (nSPS) is 17.4. The van der Waals surface area contributed by atoms with Crippen molar-refractivity contribution in [3.63, 3.8) is 0 Å². The maximum atomic E-state index is 12.9. The SMILES string of the molecule is CN(C)CCN(CC(=O)N1CC(=O)N(c2ccc(Cl)cc2)C1)C(=O)C1CCCC1. The number of benzene rings is 1. The lowest BCUT2D eigenvalue weighted by molar-refractivity contribution is -0.142. The number of anilines is 1. The van der Waals surface area contributed by atoms with E-state index >= 15 is 0 Å². The smallest absolute Gasteiger partial charge is 0.248 e. The van der Waals surface area contributed by atoms with Gasteiger partial charge < -0.3 is 14.7 Å². The molecular formula is C21H29ClN4O3. The summed E-state index contributed by atoms with van der Waals surface area (Å²) in [6.07, 6.45) is 3.95. The molecule has 3 amide bonds. The highest BCUT2D eigenvalue weighted by molar-refractivity contribution is 6.30. The fourth-order valence-electron chi connectivity index (χ4n) is 3.84. The first kappa shape index (κ1) is 21.6. The van der Waals surface area contributed by atoms with Crippen molar-refractivity contribution in [2.24, 2.45) is 5.92 Å². The highest BCUT2D eigenvalue weighted by Crippen LogP contribution is 2.27. The third kappa shape index (κ3) is 5.48. The topological polar surface area (TPSA) is 64.2 Å². The molecule has 0 atom stereocenters. The van der Waals surface area contributed by atoms with E-state index in [-0.39, 0.29) is 43.4 Å². The van der Waals surface area contributed by atoms with Gasteiger partial charge in [0.05, 0.1) is 6.54 Å². The number of hydrogen-bond acceptors (Lipinski definition) is 4. The van der Waals surface area contributed by atoms with E-state index in [1.54, 1.807) is 34.1 Å². The Morgan fingerprint density at radius 3 is 2.38 bits per heavy atom. The van der Waals surface area contributed by atoms with Crippen molar-refractivity contribution in [3.8, 4) is 0 Å². The van der Waals surface area contributed by atoms with Gasteiger partial charge in [-0.25, -0.2) is 0 Å². The molecule has 1 aromatic rings. The molecule has 1 saturated heterocycles. The minimum atomic E-state index is -0.195. The molecule has 1 saturated carbocycles. The monoisotopic (exact) mass is 420 g/mol. The molecule has 0 aromatic heterocycles. The second kappa shape index (κ2) is 9.59. The van der Waals surface area contributed by atoms with Crippen LogP contribution in [0.3, 0.4) is 0 Å². The number of nitrogens with zero attached hydrogens (tertiary/aromatic N) is 4. The molecule has 7 nitrogen and oxygen atoms in total. The van der Waals surface area contributed by atoms with Gasteiger partial charge in [0.25, 0.3) is 0 Å². The van der Waals surface area contributed by atoms with Crippen LogP contribution in [-0.2, 0) is 14.4 Å². The number of carbonyl (C=O) groups is 3. The standard InChI is InChI=1S/C21H29ClN4O3/c1-23(2)11-12-24(21(29)16-5-3-4-6-16)13-19(27)25-14-20(28)26(15-25)18-9-7-17(22)8-10-18/h7-10,16H,3-6,11-15H2,1-2H3. The highest BCUT2D eigenvalue weighted by Gasteiger charge is 2.34. The Morgan fingerprint density at radius 1 is 1.10 bits per heavy atom. The molecule has 1 heterocycles. The minimum absolute atomic E-state index is 0.0188. The zero-order chi connectivity index (χ0) is 21.0. The van der Waals surface area contributed by atoms with Crippen molar-refractivity contribution in [1.29, 1.82) is 0 Å². The van der Waals surface area contributed by atoms with E-state index in [2.05, 4.69) is 0 Å². The van der Waals surface area contributed by atoms with Gasteiger partial charge in [-0.3, -0.25) is 19.3 Å².